The molecular formula is C15H21N3S. The Morgan fingerprint density at radius 3 is 2.79 bits per heavy atom. The summed E-state index contributed by atoms with van der Waals surface area (Å²) < 4.78 is 2.21. The average Bonchev–Trinajstić information content (AvgIpc) is 2.78. The maximum Gasteiger partial charge on any atom is 0.126 e. The fourth-order valence-corrected chi connectivity index (χ4v) is 3.95. The van der Waals surface area contributed by atoms with Crippen LogP contribution in [0.1, 0.15) is 31.6 Å². The number of aryl methyl sites for hydroxylation is 1. The first kappa shape index (κ1) is 13.0. The van der Waals surface area contributed by atoms with Crippen molar-refractivity contribution >= 4 is 22.8 Å². The van der Waals surface area contributed by atoms with E-state index >= 15 is 0 Å². The molecule has 1 aromatic carbocycles. The van der Waals surface area contributed by atoms with Gasteiger partial charge in [0.15, 0.2) is 0 Å². The van der Waals surface area contributed by atoms with E-state index in [4.69, 9.17) is 4.98 Å². The lowest BCUT2D eigenvalue weighted by Gasteiger charge is -2.26. The maximum atomic E-state index is 4.77. The highest BCUT2D eigenvalue weighted by atomic mass is 32.2. The molecule has 102 valence electrons. The van der Waals surface area contributed by atoms with Gasteiger partial charge in [-0.2, -0.15) is 11.8 Å². The third-order valence-corrected chi connectivity index (χ3v) is 4.96. The summed E-state index contributed by atoms with van der Waals surface area (Å²) in [5.74, 6) is 3.71. The van der Waals surface area contributed by atoms with Gasteiger partial charge in [0.05, 0.1) is 17.1 Å². The number of benzene rings is 1. The van der Waals surface area contributed by atoms with Crippen molar-refractivity contribution in [2.24, 2.45) is 7.05 Å². The van der Waals surface area contributed by atoms with Crippen molar-refractivity contribution in [1.82, 2.24) is 14.9 Å². The van der Waals surface area contributed by atoms with E-state index in [0.29, 0.717) is 12.1 Å². The summed E-state index contributed by atoms with van der Waals surface area (Å²) in [6.07, 6.45) is 2.55. The van der Waals surface area contributed by atoms with Crippen LogP contribution in [-0.2, 0) is 7.05 Å². The Hall–Kier alpha value is -1.00. The Morgan fingerprint density at radius 2 is 2.05 bits per heavy atom. The highest BCUT2D eigenvalue weighted by molar-refractivity contribution is 7.99. The maximum absolute atomic E-state index is 4.77. The van der Waals surface area contributed by atoms with E-state index in [1.165, 1.54) is 29.9 Å². The van der Waals surface area contributed by atoms with Crippen LogP contribution in [0, 0.1) is 0 Å². The van der Waals surface area contributed by atoms with Crippen LogP contribution in [0.4, 0.5) is 0 Å². The van der Waals surface area contributed by atoms with Crippen LogP contribution < -0.4 is 5.32 Å². The van der Waals surface area contributed by atoms with Crippen LogP contribution in [0.5, 0.6) is 0 Å². The average molecular weight is 275 g/mol. The minimum absolute atomic E-state index is 0.311. The molecule has 1 saturated heterocycles. The van der Waals surface area contributed by atoms with E-state index in [1.807, 2.05) is 0 Å². The SMILES string of the molecule is CC(NC1CCSCC1)c1nc2ccccc2n1C. The molecule has 0 spiro atoms. The zero-order valence-corrected chi connectivity index (χ0v) is 12.4. The highest BCUT2D eigenvalue weighted by Gasteiger charge is 2.19. The predicted octanol–water partition coefficient (Wildman–Crippen LogP) is 3.12. The second kappa shape index (κ2) is 5.55. The molecule has 2 aromatic rings. The van der Waals surface area contributed by atoms with Crippen LogP contribution in [0.15, 0.2) is 24.3 Å². The van der Waals surface area contributed by atoms with Gasteiger partial charge in [0, 0.05) is 13.1 Å². The van der Waals surface area contributed by atoms with Gasteiger partial charge < -0.3 is 9.88 Å². The zero-order valence-electron chi connectivity index (χ0n) is 11.6. The molecule has 1 aliphatic heterocycles. The number of thioether (sulfide) groups is 1. The van der Waals surface area contributed by atoms with Crippen LogP contribution >= 0.6 is 11.8 Å². The second-order valence-corrected chi connectivity index (χ2v) is 6.52. The molecule has 0 radical (unpaired) electrons. The van der Waals surface area contributed by atoms with E-state index in [0.717, 1.165) is 11.3 Å². The molecule has 4 heteroatoms. The molecule has 0 amide bonds. The zero-order chi connectivity index (χ0) is 13.2. The van der Waals surface area contributed by atoms with Gasteiger partial charge in [-0.15, -0.1) is 0 Å². The minimum Gasteiger partial charge on any atom is -0.330 e. The molecule has 3 rings (SSSR count). The van der Waals surface area contributed by atoms with E-state index in [2.05, 4.69) is 59.9 Å². The Labute approximate surface area is 118 Å². The Kier molecular flexibility index (Phi) is 3.80. The number of nitrogens with one attached hydrogen (secondary N) is 1. The number of imidazole rings is 1. The van der Waals surface area contributed by atoms with Crippen LogP contribution in [-0.4, -0.2) is 27.1 Å². The summed E-state index contributed by atoms with van der Waals surface area (Å²) in [5, 5.41) is 3.74. The monoisotopic (exact) mass is 275 g/mol. The standard InChI is InChI=1S/C15H21N3S/c1-11(16-12-7-9-19-10-8-12)15-17-13-5-3-4-6-14(13)18(15)2/h3-6,11-12,16H,7-10H2,1-2H3. The third-order valence-electron chi connectivity index (χ3n) is 3.92. The van der Waals surface area contributed by atoms with Gasteiger partial charge in [0.2, 0.25) is 0 Å². The quantitative estimate of drug-likeness (QED) is 0.933. The van der Waals surface area contributed by atoms with Crippen molar-refractivity contribution in [1.29, 1.82) is 0 Å². The van der Waals surface area contributed by atoms with E-state index < -0.39 is 0 Å². The minimum atomic E-state index is 0.311. The second-order valence-electron chi connectivity index (χ2n) is 5.29. The smallest absolute Gasteiger partial charge is 0.126 e. The third kappa shape index (κ3) is 2.65. The molecule has 0 bridgehead atoms. The van der Waals surface area contributed by atoms with Crippen molar-refractivity contribution in [3.63, 3.8) is 0 Å². The Balaban J connectivity index is 1.80. The fraction of sp³-hybridized carbons (Fsp3) is 0.533. The number of aromatic nitrogens is 2. The molecule has 1 unspecified atom stereocenters. The van der Waals surface area contributed by atoms with Gasteiger partial charge in [-0.1, -0.05) is 12.1 Å². The number of hydrogen-bond donors (Lipinski definition) is 1. The van der Waals surface area contributed by atoms with E-state index in [9.17, 15) is 0 Å². The van der Waals surface area contributed by atoms with Gasteiger partial charge >= 0.3 is 0 Å². The van der Waals surface area contributed by atoms with Crippen LogP contribution in [0.25, 0.3) is 11.0 Å². The van der Waals surface area contributed by atoms with E-state index in [1.54, 1.807) is 0 Å². The van der Waals surface area contributed by atoms with Gasteiger partial charge in [0.25, 0.3) is 0 Å². The molecule has 1 atom stereocenters. The fourth-order valence-electron chi connectivity index (χ4n) is 2.84. The number of rotatable bonds is 3. The largest absolute Gasteiger partial charge is 0.330 e. The molecule has 0 aliphatic carbocycles. The number of fused-ring (bicyclic) bond motifs is 1. The highest BCUT2D eigenvalue weighted by Crippen LogP contribution is 2.22. The van der Waals surface area contributed by atoms with Crippen LogP contribution in [0.3, 0.4) is 0 Å². The van der Waals surface area contributed by atoms with Crippen molar-refractivity contribution in [2.75, 3.05) is 11.5 Å². The molecule has 1 N–H and O–H groups in total. The number of para-hydroxylation sites is 2. The summed E-state index contributed by atoms with van der Waals surface area (Å²) in [5.41, 5.74) is 2.30. The number of nitrogens with zero attached hydrogens (tertiary/aromatic N) is 2. The molecule has 1 fully saturated rings. The Bertz CT molecular complexity index is 558. The van der Waals surface area contributed by atoms with Crippen LogP contribution in [0.2, 0.25) is 0 Å². The number of hydrogen-bond acceptors (Lipinski definition) is 3. The van der Waals surface area contributed by atoms with Gasteiger partial charge in [-0.05, 0) is 43.4 Å². The molecule has 0 saturated carbocycles. The lowest BCUT2D eigenvalue weighted by atomic mass is 10.1. The van der Waals surface area contributed by atoms with Crippen molar-refractivity contribution < 1.29 is 0 Å². The van der Waals surface area contributed by atoms with E-state index in [-0.39, 0.29) is 0 Å². The van der Waals surface area contributed by atoms with Crippen molar-refractivity contribution in [2.45, 2.75) is 31.8 Å². The van der Waals surface area contributed by atoms with Gasteiger partial charge in [-0.3, -0.25) is 0 Å². The molecule has 1 aliphatic rings. The first-order valence-electron chi connectivity index (χ1n) is 7.01. The van der Waals surface area contributed by atoms with Crippen molar-refractivity contribution in [3.8, 4) is 0 Å². The lowest BCUT2D eigenvalue weighted by molar-refractivity contribution is 0.415. The molecule has 3 nitrogen and oxygen atoms in total. The van der Waals surface area contributed by atoms with Crippen molar-refractivity contribution in [3.05, 3.63) is 30.1 Å². The van der Waals surface area contributed by atoms with Gasteiger partial charge in [-0.25, -0.2) is 4.98 Å². The first-order valence-corrected chi connectivity index (χ1v) is 8.16. The summed E-state index contributed by atoms with van der Waals surface area (Å²) in [6, 6.07) is 9.31. The topological polar surface area (TPSA) is 29.9 Å². The summed E-state index contributed by atoms with van der Waals surface area (Å²) in [4.78, 5) is 4.77. The lowest BCUT2D eigenvalue weighted by Crippen LogP contribution is -2.35. The predicted molar refractivity (Wildman–Crippen MR) is 82.6 cm³/mol. The Morgan fingerprint density at radius 1 is 1.32 bits per heavy atom. The first-order chi connectivity index (χ1) is 9.25. The summed E-state index contributed by atoms with van der Waals surface area (Å²) in [6.45, 7) is 2.23. The molecular weight excluding hydrogens is 254 g/mol. The summed E-state index contributed by atoms with van der Waals surface area (Å²) >= 11 is 2.07. The van der Waals surface area contributed by atoms with Gasteiger partial charge in [0.1, 0.15) is 5.82 Å². The molecule has 2 heterocycles. The molecule has 1 aromatic heterocycles. The summed E-state index contributed by atoms with van der Waals surface area (Å²) in [7, 11) is 2.11. The normalized spacial score (nSPS) is 18.8. The molecule has 19 heavy (non-hydrogen) atoms.